The molecule has 0 aliphatic carbocycles. The Balaban J connectivity index is 1.82. The van der Waals surface area contributed by atoms with Crippen LogP contribution in [-0.2, 0) is 9.59 Å². The molecule has 1 atom stereocenters. The number of carbonyl (C=O) groups is 2. The number of anilines is 2. The van der Waals surface area contributed by atoms with Gasteiger partial charge in [0.15, 0.2) is 13.1 Å². The van der Waals surface area contributed by atoms with Crippen molar-refractivity contribution in [2.75, 3.05) is 37.9 Å². The molecule has 1 unspecified atom stereocenters. The number of hydrogen-bond acceptors (Lipinski definition) is 3. The van der Waals surface area contributed by atoms with E-state index >= 15 is 0 Å². The highest BCUT2D eigenvalue weighted by molar-refractivity contribution is 5.93. The van der Waals surface area contributed by atoms with Crippen LogP contribution in [0, 0.1) is 6.92 Å². The van der Waals surface area contributed by atoms with Crippen LogP contribution in [0.1, 0.15) is 5.56 Å². The van der Waals surface area contributed by atoms with Gasteiger partial charge in [-0.05, 0) is 30.7 Å². The maximum absolute atomic E-state index is 12.1. The maximum atomic E-state index is 12.1. The van der Waals surface area contributed by atoms with Crippen LogP contribution in [0.2, 0.25) is 0 Å². The molecular formula is C19H24N3O3+. The van der Waals surface area contributed by atoms with Gasteiger partial charge < -0.3 is 20.3 Å². The Morgan fingerprint density at radius 1 is 1.00 bits per heavy atom. The van der Waals surface area contributed by atoms with Crippen molar-refractivity contribution >= 4 is 23.2 Å². The molecule has 0 spiro atoms. The van der Waals surface area contributed by atoms with E-state index in [2.05, 4.69) is 10.6 Å². The zero-order chi connectivity index (χ0) is 18.2. The van der Waals surface area contributed by atoms with Gasteiger partial charge in [0.1, 0.15) is 5.75 Å². The summed E-state index contributed by atoms with van der Waals surface area (Å²) >= 11 is 0. The summed E-state index contributed by atoms with van der Waals surface area (Å²) in [5.41, 5.74) is 2.46. The number of rotatable bonds is 7. The zero-order valence-corrected chi connectivity index (χ0v) is 14.8. The van der Waals surface area contributed by atoms with E-state index in [1.807, 2.05) is 44.3 Å². The van der Waals surface area contributed by atoms with E-state index in [0.717, 1.165) is 16.2 Å². The third-order valence-electron chi connectivity index (χ3n) is 3.70. The third-order valence-corrected chi connectivity index (χ3v) is 3.70. The van der Waals surface area contributed by atoms with Crippen LogP contribution in [0.4, 0.5) is 11.4 Å². The largest absolute Gasteiger partial charge is 0.497 e. The van der Waals surface area contributed by atoms with Crippen LogP contribution in [0.25, 0.3) is 0 Å². The molecule has 0 heterocycles. The van der Waals surface area contributed by atoms with E-state index in [0.29, 0.717) is 11.4 Å². The number of amides is 2. The van der Waals surface area contributed by atoms with Crippen molar-refractivity contribution in [1.82, 2.24) is 0 Å². The number of methoxy groups -OCH3 is 1. The molecule has 132 valence electrons. The molecule has 3 N–H and O–H groups in total. The second-order valence-corrected chi connectivity index (χ2v) is 5.95. The highest BCUT2D eigenvalue weighted by Crippen LogP contribution is 2.16. The first kappa shape index (κ1) is 18.5. The van der Waals surface area contributed by atoms with E-state index in [1.165, 1.54) is 0 Å². The van der Waals surface area contributed by atoms with E-state index < -0.39 is 0 Å². The number of aryl methyl sites for hydroxylation is 1. The molecule has 0 saturated carbocycles. The van der Waals surface area contributed by atoms with E-state index in [9.17, 15) is 9.59 Å². The fraction of sp³-hybridized carbons (Fsp3) is 0.263. The monoisotopic (exact) mass is 342 g/mol. The van der Waals surface area contributed by atoms with Crippen molar-refractivity contribution in [3.8, 4) is 5.75 Å². The molecule has 0 aliphatic rings. The van der Waals surface area contributed by atoms with Crippen molar-refractivity contribution in [2.45, 2.75) is 6.92 Å². The molecule has 0 radical (unpaired) electrons. The van der Waals surface area contributed by atoms with Crippen LogP contribution in [-0.4, -0.2) is 39.1 Å². The number of quaternary nitrogens is 1. The number of nitrogens with one attached hydrogen (secondary N) is 3. The molecule has 0 fully saturated rings. The second kappa shape index (κ2) is 8.84. The van der Waals surface area contributed by atoms with Gasteiger partial charge in [-0.15, -0.1) is 0 Å². The zero-order valence-electron chi connectivity index (χ0n) is 14.8. The molecule has 6 heteroatoms. The van der Waals surface area contributed by atoms with Crippen LogP contribution in [0.15, 0.2) is 48.5 Å². The van der Waals surface area contributed by atoms with Gasteiger partial charge in [-0.25, -0.2) is 0 Å². The molecule has 0 aliphatic heterocycles. The van der Waals surface area contributed by atoms with Gasteiger partial charge in [-0.1, -0.05) is 24.3 Å². The number of para-hydroxylation sites is 1. The minimum absolute atomic E-state index is 0.124. The van der Waals surface area contributed by atoms with Crippen molar-refractivity contribution in [2.24, 2.45) is 0 Å². The van der Waals surface area contributed by atoms with Gasteiger partial charge in [0.2, 0.25) is 0 Å². The molecule has 2 rings (SSSR count). The van der Waals surface area contributed by atoms with E-state index in [4.69, 9.17) is 4.74 Å². The average Bonchev–Trinajstić information content (AvgIpc) is 2.56. The van der Waals surface area contributed by atoms with Gasteiger partial charge in [0, 0.05) is 17.4 Å². The number of hydrogen-bond donors (Lipinski definition) is 3. The average molecular weight is 342 g/mol. The van der Waals surface area contributed by atoms with Crippen molar-refractivity contribution in [3.05, 3.63) is 54.1 Å². The highest BCUT2D eigenvalue weighted by Gasteiger charge is 2.15. The number of carbonyl (C=O) groups excluding carboxylic acids is 2. The topological polar surface area (TPSA) is 71.9 Å². The minimum Gasteiger partial charge on any atom is -0.497 e. The SMILES string of the molecule is COc1cccc(NC(=O)C[NH+](C)CC(=O)Nc2ccccc2C)c1. The van der Waals surface area contributed by atoms with Gasteiger partial charge in [-0.3, -0.25) is 9.59 Å². The normalized spacial score (nSPS) is 11.5. The molecule has 6 nitrogen and oxygen atoms in total. The highest BCUT2D eigenvalue weighted by atomic mass is 16.5. The Bertz CT molecular complexity index is 746. The number of likely N-dealkylation sites (N-methyl/N-ethyl adjacent to an activating group) is 1. The van der Waals surface area contributed by atoms with E-state index in [-0.39, 0.29) is 24.9 Å². The smallest absolute Gasteiger partial charge is 0.279 e. The summed E-state index contributed by atoms with van der Waals surface area (Å²) < 4.78 is 5.13. The lowest BCUT2D eigenvalue weighted by Gasteiger charge is -2.14. The van der Waals surface area contributed by atoms with Gasteiger partial charge >= 0.3 is 0 Å². The lowest BCUT2D eigenvalue weighted by Crippen LogP contribution is -3.11. The maximum Gasteiger partial charge on any atom is 0.279 e. The van der Waals surface area contributed by atoms with Crippen molar-refractivity contribution in [1.29, 1.82) is 0 Å². The summed E-state index contributed by atoms with van der Waals surface area (Å²) in [5.74, 6) is 0.395. The quantitative estimate of drug-likeness (QED) is 0.705. The molecule has 2 aromatic carbocycles. The van der Waals surface area contributed by atoms with Crippen LogP contribution in [0.3, 0.4) is 0 Å². The second-order valence-electron chi connectivity index (χ2n) is 5.95. The van der Waals surface area contributed by atoms with Crippen molar-refractivity contribution < 1.29 is 19.2 Å². The van der Waals surface area contributed by atoms with Crippen LogP contribution < -0.4 is 20.3 Å². The van der Waals surface area contributed by atoms with Crippen molar-refractivity contribution in [3.63, 3.8) is 0 Å². The summed E-state index contributed by atoms with van der Waals surface area (Å²) in [7, 11) is 3.38. The van der Waals surface area contributed by atoms with E-state index in [1.54, 1.807) is 25.3 Å². The third kappa shape index (κ3) is 5.93. The Morgan fingerprint density at radius 2 is 1.68 bits per heavy atom. The molecule has 2 aromatic rings. The molecule has 25 heavy (non-hydrogen) atoms. The molecular weight excluding hydrogens is 318 g/mol. The number of benzene rings is 2. The van der Waals surface area contributed by atoms with Gasteiger partial charge in [0.25, 0.3) is 11.8 Å². The fourth-order valence-electron chi connectivity index (χ4n) is 2.42. The Kier molecular flexibility index (Phi) is 6.54. The van der Waals surface area contributed by atoms with Crippen LogP contribution in [0.5, 0.6) is 5.75 Å². The molecule has 2 amide bonds. The predicted octanol–water partition coefficient (Wildman–Crippen LogP) is 1.10. The summed E-state index contributed by atoms with van der Waals surface area (Å²) in [6, 6.07) is 14.8. The minimum atomic E-state index is -0.158. The summed E-state index contributed by atoms with van der Waals surface area (Å²) in [5, 5.41) is 5.68. The molecule has 0 aromatic heterocycles. The first-order valence-corrected chi connectivity index (χ1v) is 8.08. The summed E-state index contributed by atoms with van der Waals surface area (Å²) in [4.78, 5) is 25.0. The van der Waals surface area contributed by atoms with Gasteiger partial charge in [-0.2, -0.15) is 0 Å². The first-order chi connectivity index (χ1) is 12.0. The predicted molar refractivity (Wildman–Crippen MR) is 98.1 cm³/mol. The standard InChI is InChI=1S/C19H23N3O3/c1-14-7-4-5-10-17(14)21-19(24)13-22(2)12-18(23)20-15-8-6-9-16(11-15)25-3/h4-11H,12-13H2,1-3H3,(H,20,23)(H,21,24)/p+1. The molecule has 0 saturated heterocycles. The Hall–Kier alpha value is -2.86. The fourth-order valence-corrected chi connectivity index (χ4v) is 2.42. The summed E-state index contributed by atoms with van der Waals surface area (Å²) in [6.45, 7) is 2.34. The first-order valence-electron chi connectivity index (χ1n) is 8.08. The van der Waals surface area contributed by atoms with Gasteiger partial charge in [0.05, 0.1) is 14.2 Å². The Labute approximate surface area is 147 Å². The summed E-state index contributed by atoms with van der Waals surface area (Å²) in [6.07, 6.45) is 0. The lowest BCUT2D eigenvalue weighted by atomic mass is 10.2. The van der Waals surface area contributed by atoms with Crippen LogP contribution >= 0.6 is 0 Å². The molecule has 0 bridgehead atoms. The Morgan fingerprint density at radius 3 is 2.36 bits per heavy atom. The number of ether oxygens (including phenoxy) is 1. The lowest BCUT2D eigenvalue weighted by molar-refractivity contribution is -0.862.